The molecular formula is C21H25ClN2O. The van der Waals surface area contributed by atoms with Gasteiger partial charge in [-0.25, -0.2) is 0 Å². The Morgan fingerprint density at radius 3 is 1.68 bits per heavy atom. The number of aromatic nitrogens is 2. The molecule has 4 heteroatoms. The number of halogens is 1. The fraction of sp³-hybridized carbons (Fsp3) is 0.286. The van der Waals surface area contributed by atoms with Crippen molar-refractivity contribution in [3.8, 4) is 17.3 Å². The first-order valence-electron chi connectivity index (χ1n) is 8.27. The predicted molar refractivity (Wildman–Crippen MR) is 97.4 cm³/mol. The fourth-order valence-electron chi connectivity index (χ4n) is 3.83. The van der Waals surface area contributed by atoms with Gasteiger partial charge in [-0.15, -0.1) is 0 Å². The number of nitrogens with zero attached hydrogens (tertiary/aromatic N) is 2. The highest BCUT2D eigenvalue weighted by Gasteiger charge is 2.21. The molecule has 0 fully saturated rings. The van der Waals surface area contributed by atoms with Crippen LogP contribution in [0.2, 0.25) is 0 Å². The highest BCUT2D eigenvalue weighted by atomic mass is 35.5. The Kier molecular flexibility index (Phi) is 5.28. The summed E-state index contributed by atoms with van der Waals surface area (Å²) < 4.78 is 3.88. The van der Waals surface area contributed by atoms with Crippen LogP contribution in [0.25, 0.3) is 11.4 Å². The van der Waals surface area contributed by atoms with E-state index in [2.05, 4.69) is 65.8 Å². The van der Waals surface area contributed by atoms with Crippen molar-refractivity contribution in [1.82, 2.24) is 4.57 Å². The summed E-state index contributed by atoms with van der Waals surface area (Å²) in [5, 5.41) is 10.5. The van der Waals surface area contributed by atoms with Crippen LogP contribution in [0.3, 0.4) is 0 Å². The van der Waals surface area contributed by atoms with E-state index in [4.69, 9.17) is 0 Å². The summed E-state index contributed by atoms with van der Waals surface area (Å²) in [5.41, 5.74) is 9.36. The van der Waals surface area contributed by atoms with Gasteiger partial charge in [0.1, 0.15) is 11.4 Å². The summed E-state index contributed by atoms with van der Waals surface area (Å²) in [5.74, 6) is 0.240. The number of rotatable bonds is 2. The lowest BCUT2D eigenvalue weighted by Gasteiger charge is -2.08. The topological polar surface area (TPSA) is 29.0 Å². The van der Waals surface area contributed by atoms with Crippen molar-refractivity contribution in [1.29, 1.82) is 0 Å². The van der Waals surface area contributed by atoms with Gasteiger partial charge in [-0.1, -0.05) is 35.4 Å². The normalized spacial score (nSPS) is 10.6. The quantitative estimate of drug-likeness (QED) is 0.689. The molecule has 3 nitrogen and oxygen atoms in total. The third kappa shape index (κ3) is 3.42. The number of benzene rings is 2. The van der Waals surface area contributed by atoms with E-state index in [-0.39, 0.29) is 18.3 Å². The minimum atomic E-state index is 0. The van der Waals surface area contributed by atoms with Crippen LogP contribution in [0.1, 0.15) is 33.4 Å². The van der Waals surface area contributed by atoms with Crippen LogP contribution < -0.4 is 17.0 Å². The van der Waals surface area contributed by atoms with E-state index in [1.54, 1.807) is 6.20 Å². The summed E-state index contributed by atoms with van der Waals surface area (Å²) >= 11 is 0. The first-order valence-corrected chi connectivity index (χ1v) is 8.27. The summed E-state index contributed by atoms with van der Waals surface area (Å²) in [7, 11) is 0. The Morgan fingerprint density at radius 1 is 0.760 bits per heavy atom. The maximum Gasteiger partial charge on any atom is 0.327 e. The van der Waals surface area contributed by atoms with Crippen LogP contribution in [0.5, 0.6) is 5.88 Å². The van der Waals surface area contributed by atoms with Crippen molar-refractivity contribution in [3.05, 3.63) is 70.2 Å². The van der Waals surface area contributed by atoms with E-state index in [1.165, 1.54) is 22.3 Å². The van der Waals surface area contributed by atoms with Gasteiger partial charge in [0.2, 0.25) is 0 Å². The summed E-state index contributed by atoms with van der Waals surface area (Å²) in [6.07, 6.45) is 3.74. The summed E-state index contributed by atoms with van der Waals surface area (Å²) in [4.78, 5) is 0. The Balaban J connectivity index is 0.00000225. The van der Waals surface area contributed by atoms with Gasteiger partial charge in [0, 0.05) is 0 Å². The average Bonchev–Trinajstić information content (AvgIpc) is 2.78. The standard InChI is InChI=1S/C21H24N2O.ClH/c1-13-7-15(3)20(16(4)8-13)22-11-19(24)23(12-22)21-17(5)9-14(2)10-18(21)6;/h7-12H,1-6H3;1H. The minimum Gasteiger partial charge on any atom is -1.00 e. The van der Waals surface area contributed by atoms with Gasteiger partial charge >= 0.3 is 5.88 Å². The first-order chi connectivity index (χ1) is 11.3. The van der Waals surface area contributed by atoms with Gasteiger partial charge in [0.25, 0.3) is 6.33 Å². The molecule has 0 aliphatic rings. The zero-order valence-corrected chi connectivity index (χ0v) is 16.4. The maximum absolute atomic E-state index is 10.5. The molecule has 3 rings (SSSR count). The van der Waals surface area contributed by atoms with Crippen molar-refractivity contribution in [2.75, 3.05) is 0 Å². The Hall–Kier alpha value is -2.26. The van der Waals surface area contributed by atoms with Crippen LogP contribution in [0.15, 0.2) is 36.8 Å². The number of aromatic hydroxyl groups is 1. The molecule has 25 heavy (non-hydrogen) atoms. The van der Waals surface area contributed by atoms with Gasteiger partial charge in [0.05, 0.1) is 0 Å². The molecule has 0 radical (unpaired) electrons. The molecule has 0 saturated carbocycles. The lowest BCUT2D eigenvalue weighted by Crippen LogP contribution is -3.00. The number of hydrogen-bond acceptors (Lipinski definition) is 1. The van der Waals surface area contributed by atoms with Crippen molar-refractivity contribution < 1.29 is 22.1 Å². The zero-order valence-electron chi connectivity index (χ0n) is 15.7. The molecule has 0 atom stereocenters. The smallest absolute Gasteiger partial charge is 0.327 e. The Morgan fingerprint density at radius 2 is 1.20 bits per heavy atom. The Labute approximate surface area is 156 Å². The number of aryl methyl sites for hydroxylation is 6. The molecule has 0 spiro atoms. The molecule has 0 amide bonds. The zero-order chi connectivity index (χ0) is 17.6. The van der Waals surface area contributed by atoms with Gasteiger partial charge in [0.15, 0.2) is 6.20 Å². The molecule has 0 aliphatic carbocycles. The molecule has 132 valence electrons. The molecule has 1 N–H and O–H groups in total. The van der Waals surface area contributed by atoms with Gasteiger partial charge < -0.3 is 17.5 Å². The van der Waals surface area contributed by atoms with Crippen molar-refractivity contribution in [2.24, 2.45) is 0 Å². The first kappa shape index (κ1) is 19.1. The van der Waals surface area contributed by atoms with Crippen LogP contribution >= 0.6 is 0 Å². The molecule has 1 heterocycles. The molecule has 0 bridgehead atoms. The minimum absolute atomic E-state index is 0. The average molecular weight is 357 g/mol. The van der Waals surface area contributed by atoms with Crippen molar-refractivity contribution >= 4 is 0 Å². The van der Waals surface area contributed by atoms with Crippen LogP contribution in [0.4, 0.5) is 0 Å². The van der Waals surface area contributed by atoms with Crippen LogP contribution in [-0.2, 0) is 0 Å². The summed E-state index contributed by atoms with van der Waals surface area (Å²) in [6, 6.07) is 8.64. The molecule has 0 unspecified atom stereocenters. The predicted octanol–water partition coefficient (Wildman–Crippen LogP) is 1.31. The highest BCUT2D eigenvalue weighted by Crippen LogP contribution is 2.25. The number of hydrogen-bond donors (Lipinski definition) is 1. The second-order valence-corrected chi connectivity index (χ2v) is 6.87. The second-order valence-electron chi connectivity index (χ2n) is 6.87. The highest BCUT2D eigenvalue weighted by molar-refractivity contribution is 5.51. The lowest BCUT2D eigenvalue weighted by atomic mass is 10.0. The van der Waals surface area contributed by atoms with E-state index < -0.39 is 0 Å². The van der Waals surface area contributed by atoms with E-state index in [1.807, 2.05) is 15.5 Å². The Bertz CT molecular complexity index is 895. The SMILES string of the molecule is Cc1cc(C)c(-n2c[n+](-c3c(C)cc(C)cc3C)cc2O)c(C)c1.[Cl-]. The van der Waals surface area contributed by atoms with Crippen LogP contribution in [-0.4, -0.2) is 9.67 Å². The van der Waals surface area contributed by atoms with E-state index >= 15 is 0 Å². The molecule has 1 aromatic heterocycles. The molecule has 0 aliphatic heterocycles. The molecule has 0 saturated heterocycles. The molecule has 3 aromatic rings. The summed E-state index contributed by atoms with van der Waals surface area (Å²) in [6.45, 7) is 12.6. The van der Waals surface area contributed by atoms with Crippen LogP contribution in [0, 0.1) is 41.5 Å². The largest absolute Gasteiger partial charge is 1.00 e. The molecular weight excluding hydrogens is 332 g/mol. The number of imidazole rings is 1. The second kappa shape index (κ2) is 6.93. The van der Waals surface area contributed by atoms with Gasteiger partial charge in [-0.05, 0) is 63.8 Å². The molecule has 2 aromatic carbocycles. The van der Waals surface area contributed by atoms with E-state index in [0.29, 0.717) is 0 Å². The third-order valence-electron chi connectivity index (χ3n) is 4.51. The fourth-order valence-corrected chi connectivity index (χ4v) is 3.83. The maximum atomic E-state index is 10.5. The van der Waals surface area contributed by atoms with Gasteiger partial charge in [-0.2, -0.15) is 9.13 Å². The van der Waals surface area contributed by atoms with Gasteiger partial charge in [-0.3, -0.25) is 0 Å². The van der Waals surface area contributed by atoms with Crippen molar-refractivity contribution in [2.45, 2.75) is 41.5 Å². The monoisotopic (exact) mass is 356 g/mol. The van der Waals surface area contributed by atoms with E-state index in [0.717, 1.165) is 22.5 Å². The van der Waals surface area contributed by atoms with E-state index in [9.17, 15) is 5.11 Å². The van der Waals surface area contributed by atoms with Crippen molar-refractivity contribution in [3.63, 3.8) is 0 Å². The third-order valence-corrected chi connectivity index (χ3v) is 4.51. The lowest BCUT2D eigenvalue weighted by molar-refractivity contribution is -0.595.